The van der Waals surface area contributed by atoms with Crippen molar-refractivity contribution in [3.63, 3.8) is 0 Å². The number of hydrogen-bond acceptors (Lipinski definition) is 3. The second kappa shape index (κ2) is 7.46. The van der Waals surface area contributed by atoms with Crippen LogP contribution >= 0.6 is 0 Å². The molecule has 1 aromatic carbocycles. The van der Waals surface area contributed by atoms with Gasteiger partial charge in [0.1, 0.15) is 0 Å². The number of rotatable bonds is 5. The van der Waals surface area contributed by atoms with Crippen molar-refractivity contribution < 1.29 is 4.79 Å². The van der Waals surface area contributed by atoms with Gasteiger partial charge in [-0.05, 0) is 64.3 Å². The van der Waals surface area contributed by atoms with Crippen LogP contribution in [0.4, 0.5) is 11.4 Å². The highest BCUT2D eigenvalue weighted by Crippen LogP contribution is 2.19. The second-order valence-corrected chi connectivity index (χ2v) is 5.76. The lowest BCUT2D eigenvalue weighted by molar-refractivity contribution is -0.118. The van der Waals surface area contributed by atoms with Gasteiger partial charge in [-0.25, -0.2) is 0 Å². The Labute approximate surface area is 127 Å². The van der Waals surface area contributed by atoms with Crippen molar-refractivity contribution in [3.8, 4) is 0 Å². The number of nitrogens with one attached hydrogen (secondary N) is 2. The third-order valence-corrected chi connectivity index (χ3v) is 4.20. The van der Waals surface area contributed by atoms with Gasteiger partial charge in [0.25, 0.3) is 0 Å². The van der Waals surface area contributed by atoms with E-state index in [0.717, 1.165) is 38.0 Å². The zero-order chi connectivity index (χ0) is 15.2. The molecule has 0 aromatic heterocycles. The molecule has 2 unspecified atom stereocenters. The normalized spacial score (nSPS) is 21.9. The van der Waals surface area contributed by atoms with Gasteiger partial charge in [0.05, 0.1) is 6.04 Å². The SMILES string of the molecule is CCN(CC)c1ccc(NC(=O)C2CCCC(C)N2)cc1. The van der Waals surface area contributed by atoms with Crippen molar-refractivity contribution in [1.82, 2.24) is 5.32 Å². The highest BCUT2D eigenvalue weighted by Gasteiger charge is 2.24. The Kier molecular flexibility index (Phi) is 5.62. The number of benzene rings is 1. The van der Waals surface area contributed by atoms with E-state index in [2.05, 4.69) is 48.4 Å². The minimum absolute atomic E-state index is 0.0591. The number of hydrogen-bond donors (Lipinski definition) is 2. The van der Waals surface area contributed by atoms with E-state index < -0.39 is 0 Å². The fourth-order valence-corrected chi connectivity index (χ4v) is 2.92. The smallest absolute Gasteiger partial charge is 0.241 e. The maximum absolute atomic E-state index is 12.3. The van der Waals surface area contributed by atoms with Crippen molar-refractivity contribution in [2.24, 2.45) is 0 Å². The lowest BCUT2D eigenvalue weighted by Gasteiger charge is -2.28. The Hall–Kier alpha value is -1.55. The summed E-state index contributed by atoms with van der Waals surface area (Å²) in [6.45, 7) is 8.42. The first kappa shape index (κ1) is 15.8. The Balaban J connectivity index is 1.95. The van der Waals surface area contributed by atoms with Crippen LogP contribution in [0.1, 0.15) is 40.0 Å². The summed E-state index contributed by atoms with van der Waals surface area (Å²) in [4.78, 5) is 14.5. The molecule has 4 heteroatoms. The summed E-state index contributed by atoms with van der Waals surface area (Å²) in [7, 11) is 0. The summed E-state index contributed by atoms with van der Waals surface area (Å²) in [5, 5.41) is 6.38. The summed E-state index contributed by atoms with van der Waals surface area (Å²) in [6.07, 6.45) is 3.20. The summed E-state index contributed by atoms with van der Waals surface area (Å²) in [6, 6.07) is 8.48. The van der Waals surface area contributed by atoms with Gasteiger partial charge in [-0.15, -0.1) is 0 Å². The molecule has 116 valence electrons. The summed E-state index contributed by atoms with van der Waals surface area (Å²) in [5.41, 5.74) is 2.07. The lowest BCUT2D eigenvalue weighted by atomic mass is 9.99. The van der Waals surface area contributed by atoms with Crippen molar-refractivity contribution in [2.75, 3.05) is 23.3 Å². The van der Waals surface area contributed by atoms with Crippen molar-refractivity contribution >= 4 is 17.3 Å². The average molecular weight is 289 g/mol. The number of carbonyl (C=O) groups is 1. The fourth-order valence-electron chi connectivity index (χ4n) is 2.92. The van der Waals surface area contributed by atoms with Crippen LogP contribution < -0.4 is 15.5 Å². The van der Waals surface area contributed by atoms with Crippen LogP contribution in [0.2, 0.25) is 0 Å². The molecule has 1 fully saturated rings. The van der Waals surface area contributed by atoms with Gasteiger partial charge in [0.2, 0.25) is 5.91 Å². The monoisotopic (exact) mass is 289 g/mol. The molecule has 2 atom stereocenters. The third kappa shape index (κ3) is 4.21. The van der Waals surface area contributed by atoms with E-state index in [4.69, 9.17) is 0 Å². The zero-order valence-electron chi connectivity index (χ0n) is 13.4. The van der Waals surface area contributed by atoms with Crippen LogP contribution in [-0.2, 0) is 4.79 Å². The first-order valence-electron chi connectivity index (χ1n) is 8.06. The van der Waals surface area contributed by atoms with Crippen LogP contribution in [0.3, 0.4) is 0 Å². The molecular weight excluding hydrogens is 262 g/mol. The molecule has 1 saturated heterocycles. The van der Waals surface area contributed by atoms with Gasteiger partial charge in [-0.1, -0.05) is 0 Å². The van der Waals surface area contributed by atoms with E-state index in [1.165, 1.54) is 5.69 Å². The molecule has 2 N–H and O–H groups in total. The van der Waals surface area contributed by atoms with E-state index >= 15 is 0 Å². The molecule has 1 heterocycles. The molecule has 0 saturated carbocycles. The van der Waals surface area contributed by atoms with E-state index in [1.807, 2.05) is 12.1 Å². The van der Waals surface area contributed by atoms with Crippen molar-refractivity contribution in [3.05, 3.63) is 24.3 Å². The zero-order valence-corrected chi connectivity index (χ0v) is 13.4. The predicted molar refractivity (Wildman–Crippen MR) is 88.9 cm³/mol. The highest BCUT2D eigenvalue weighted by molar-refractivity contribution is 5.95. The van der Waals surface area contributed by atoms with E-state index in [-0.39, 0.29) is 11.9 Å². The molecule has 1 aromatic rings. The lowest BCUT2D eigenvalue weighted by Crippen LogP contribution is -2.47. The van der Waals surface area contributed by atoms with Crippen LogP contribution in [0, 0.1) is 0 Å². The molecule has 0 radical (unpaired) electrons. The second-order valence-electron chi connectivity index (χ2n) is 5.76. The molecule has 0 aliphatic carbocycles. The van der Waals surface area contributed by atoms with Gasteiger partial charge in [-0.3, -0.25) is 4.79 Å². The summed E-state index contributed by atoms with van der Waals surface area (Å²) < 4.78 is 0. The van der Waals surface area contributed by atoms with Crippen LogP contribution in [-0.4, -0.2) is 31.1 Å². The van der Waals surface area contributed by atoms with Gasteiger partial charge >= 0.3 is 0 Å². The highest BCUT2D eigenvalue weighted by atomic mass is 16.2. The molecule has 1 aliphatic rings. The minimum Gasteiger partial charge on any atom is -0.372 e. The Morgan fingerprint density at radius 1 is 1.24 bits per heavy atom. The van der Waals surface area contributed by atoms with Crippen LogP contribution in [0.15, 0.2) is 24.3 Å². The Morgan fingerprint density at radius 3 is 2.48 bits per heavy atom. The van der Waals surface area contributed by atoms with Crippen LogP contribution in [0.25, 0.3) is 0 Å². The summed E-state index contributed by atoms with van der Waals surface area (Å²) in [5.74, 6) is 0.0807. The first-order valence-corrected chi connectivity index (χ1v) is 8.06. The molecule has 4 nitrogen and oxygen atoms in total. The van der Waals surface area contributed by atoms with Crippen molar-refractivity contribution in [1.29, 1.82) is 0 Å². The number of amides is 1. The Morgan fingerprint density at radius 2 is 1.90 bits per heavy atom. The number of anilines is 2. The van der Waals surface area contributed by atoms with E-state index in [0.29, 0.717) is 6.04 Å². The fraction of sp³-hybridized carbons (Fsp3) is 0.588. The molecule has 21 heavy (non-hydrogen) atoms. The molecular formula is C17H27N3O. The molecule has 0 spiro atoms. The number of nitrogens with zero attached hydrogens (tertiary/aromatic N) is 1. The first-order chi connectivity index (χ1) is 10.1. The maximum Gasteiger partial charge on any atom is 0.241 e. The quantitative estimate of drug-likeness (QED) is 0.876. The third-order valence-electron chi connectivity index (χ3n) is 4.20. The summed E-state index contributed by atoms with van der Waals surface area (Å²) >= 11 is 0. The van der Waals surface area contributed by atoms with Gasteiger partial charge < -0.3 is 15.5 Å². The molecule has 2 rings (SSSR count). The predicted octanol–water partition coefficient (Wildman–Crippen LogP) is 3.00. The van der Waals surface area contributed by atoms with E-state index in [1.54, 1.807) is 0 Å². The molecule has 1 amide bonds. The van der Waals surface area contributed by atoms with Gasteiger partial charge in [-0.2, -0.15) is 0 Å². The van der Waals surface area contributed by atoms with Crippen LogP contribution in [0.5, 0.6) is 0 Å². The Bertz CT molecular complexity index is 454. The topological polar surface area (TPSA) is 44.4 Å². The van der Waals surface area contributed by atoms with Gasteiger partial charge in [0, 0.05) is 30.5 Å². The van der Waals surface area contributed by atoms with E-state index in [9.17, 15) is 4.79 Å². The maximum atomic E-state index is 12.3. The minimum atomic E-state index is -0.0591. The standard InChI is InChI=1S/C17H27N3O/c1-4-20(5-2)15-11-9-14(10-12-15)19-17(21)16-8-6-7-13(3)18-16/h9-13,16,18H,4-8H2,1-3H3,(H,19,21). The van der Waals surface area contributed by atoms with Crippen molar-refractivity contribution in [2.45, 2.75) is 52.1 Å². The average Bonchev–Trinajstić information content (AvgIpc) is 2.50. The molecule has 1 aliphatic heterocycles. The number of piperidine rings is 1. The number of carbonyl (C=O) groups excluding carboxylic acids is 1. The molecule has 0 bridgehead atoms. The van der Waals surface area contributed by atoms with Gasteiger partial charge in [0.15, 0.2) is 0 Å². The largest absolute Gasteiger partial charge is 0.372 e.